The van der Waals surface area contributed by atoms with Crippen molar-refractivity contribution in [3.05, 3.63) is 58.1 Å². The molecule has 2 rings (SSSR count). The van der Waals surface area contributed by atoms with Crippen LogP contribution >= 0.6 is 0 Å². The number of carbonyl (C=O) groups is 1. The third-order valence-electron chi connectivity index (χ3n) is 3.12. The normalized spacial score (nSPS) is 10.0. The van der Waals surface area contributed by atoms with Gasteiger partial charge < -0.3 is 14.8 Å². The molecule has 7 nitrogen and oxygen atoms in total. The molecule has 0 unspecified atom stereocenters. The number of benzene rings is 2. The van der Waals surface area contributed by atoms with Crippen LogP contribution in [0.2, 0.25) is 0 Å². The molecule has 0 atom stereocenters. The summed E-state index contributed by atoms with van der Waals surface area (Å²) in [4.78, 5) is 22.2. The number of methoxy groups -OCH3 is 1. The van der Waals surface area contributed by atoms with E-state index >= 15 is 0 Å². The molecule has 0 saturated carbocycles. The van der Waals surface area contributed by atoms with Crippen molar-refractivity contribution in [1.29, 1.82) is 0 Å². The van der Waals surface area contributed by atoms with Crippen LogP contribution in [-0.4, -0.2) is 24.5 Å². The van der Waals surface area contributed by atoms with E-state index in [-0.39, 0.29) is 24.0 Å². The van der Waals surface area contributed by atoms with Gasteiger partial charge in [-0.15, -0.1) is 0 Å². The average Bonchev–Trinajstić information content (AvgIpc) is 2.54. The first-order chi connectivity index (χ1) is 11.0. The number of hydrogen-bond acceptors (Lipinski definition) is 5. The first kappa shape index (κ1) is 16.3. The number of amides is 1. The van der Waals surface area contributed by atoms with Crippen molar-refractivity contribution in [3.63, 3.8) is 0 Å². The summed E-state index contributed by atoms with van der Waals surface area (Å²) in [5.74, 6) is 0.446. The van der Waals surface area contributed by atoms with E-state index in [1.165, 1.54) is 25.3 Å². The highest BCUT2D eigenvalue weighted by atomic mass is 16.6. The number of rotatable bonds is 6. The van der Waals surface area contributed by atoms with E-state index in [2.05, 4.69) is 5.32 Å². The highest BCUT2D eigenvalue weighted by Crippen LogP contribution is 2.29. The van der Waals surface area contributed by atoms with Crippen LogP contribution in [0.15, 0.2) is 42.5 Å². The zero-order valence-corrected chi connectivity index (χ0v) is 12.7. The van der Waals surface area contributed by atoms with Crippen LogP contribution in [0.1, 0.15) is 5.56 Å². The van der Waals surface area contributed by atoms with Gasteiger partial charge in [0.25, 0.3) is 11.6 Å². The van der Waals surface area contributed by atoms with Gasteiger partial charge in [0.15, 0.2) is 6.61 Å². The van der Waals surface area contributed by atoms with Gasteiger partial charge in [0.2, 0.25) is 0 Å². The molecule has 1 N–H and O–H groups in total. The van der Waals surface area contributed by atoms with Crippen LogP contribution in [0.4, 0.5) is 11.4 Å². The van der Waals surface area contributed by atoms with Gasteiger partial charge >= 0.3 is 0 Å². The maximum Gasteiger partial charge on any atom is 0.273 e. The van der Waals surface area contributed by atoms with Crippen LogP contribution in [0, 0.1) is 17.0 Å². The van der Waals surface area contributed by atoms with Crippen molar-refractivity contribution < 1.29 is 19.2 Å². The van der Waals surface area contributed by atoms with E-state index in [0.29, 0.717) is 11.4 Å². The van der Waals surface area contributed by atoms with E-state index in [1.807, 2.05) is 25.1 Å². The molecule has 0 saturated heterocycles. The van der Waals surface area contributed by atoms with Gasteiger partial charge in [-0.05, 0) is 24.6 Å². The number of carbonyl (C=O) groups excluding carboxylic acids is 1. The molecular weight excluding hydrogens is 300 g/mol. The summed E-state index contributed by atoms with van der Waals surface area (Å²) in [6, 6.07) is 11.3. The summed E-state index contributed by atoms with van der Waals surface area (Å²) in [6.07, 6.45) is 0. The molecular formula is C16H16N2O5. The number of anilines is 1. The molecule has 0 fully saturated rings. The molecule has 0 aliphatic carbocycles. The number of aryl methyl sites for hydroxylation is 1. The Labute approximate surface area is 133 Å². The van der Waals surface area contributed by atoms with Gasteiger partial charge in [0.1, 0.15) is 11.5 Å². The van der Waals surface area contributed by atoms with Crippen LogP contribution in [0.25, 0.3) is 0 Å². The molecule has 0 spiro atoms. The molecule has 0 aliphatic heterocycles. The molecule has 0 radical (unpaired) electrons. The summed E-state index contributed by atoms with van der Waals surface area (Å²) >= 11 is 0. The quantitative estimate of drug-likeness (QED) is 0.653. The Hall–Kier alpha value is -3.09. The summed E-state index contributed by atoms with van der Waals surface area (Å²) in [6.45, 7) is 1.71. The smallest absolute Gasteiger partial charge is 0.273 e. The summed E-state index contributed by atoms with van der Waals surface area (Å²) in [7, 11) is 1.37. The van der Waals surface area contributed by atoms with Gasteiger partial charge in [0.05, 0.1) is 23.8 Å². The Morgan fingerprint density at radius 1 is 1.22 bits per heavy atom. The SMILES string of the molecule is COc1cc([N+](=O)[O-])ccc1NC(=O)COc1ccccc1C. The predicted octanol–water partition coefficient (Wildman–Crippen LogP) is 2.93. The maximum atomic E-state index is 12.0. The lowest BCUT2D eigenvalue weighted by Crippen LogP contribution is -2.20. The fourth-order valence-corrected chi connectivity index (χ4v) is 1.94. The molecule has 23 heavy (non-hydrogen) atoms. The Morgan fingerprint density at radius 3 is 2.61 bits per heavy atom. The topological polar surface area (TPSA) is 90.7 Å². The lowest BCUT2D eigenvalue weighted by molar-refractivity contribution is -0.384. The Kier molecular flexibility index (Phi) is 5.14. The van der Waals surface area contributed by atoms with Crippen molar-refractivity contribution in [2.24, 2.45) is 0 Å². The number of nitrogens with zero attached hydrogens (tertiary/aromatic N) is 1. The van der Waals surface area contributed by atoms with E-state index in [0.717, 1.165) is 5.56 Å². The van der Waals surface area contributed by atoms with E-state index in [4.69, 9.17) is 9.47 Å². The van der Waals surface area contributed by atoms with Gasteiger partial charge in [-0.2, -0.15) is 0 Å². The largest absolute Gasteiger partial charge is 0.494 e. The fourth-order valence-electron chi connectivity index (χ4n) is 1.94. The summed E-state index contributed by atoms with van der Waals surface area (Å²) < 4.78 is 10.5. The molecule has 7 heteroatoms. The Morgan fingerprint density at radius 2 is 1.96 bits per heavy atom. The zero-order chi connectivity index (χ0) is 16.8. The Balaban J connectivity index is 2.03. The molecule has 2 aromatic rings. The first-order valence-electron chi connectivity index (χ1n) is 6.82. The highest BCUT2D eigenvalue weighted by Gasteiger charge is 2.13. The Bertz CT molecular complexity index is 730. The van der Waals surface area contributed by atoms with Crippen molar-refractivity contribution in [1.82, 2.24) is 0 Å². The zero-order valence-electron chi connectivity index (χ0n) is 12.7. The molecule has 2 aromatic carbocycles. The number of ether oxygens (including phenoxy) is 2. The van der Waals surface area contributed by atoms with Crippen LogP contribution in [-0.2, 0) is 4.79 Å². The molecule has 1 amide bonds. The molecule has 0 heterocycles. The number of nitro benzene ring substituents is 1. The summed E-state index contributed by atoms with van der Waals surface area (Å²) in [5, 5.41) is 13.3. The van der Waals surface area contributed by atoms with Crippen molar-refractivity contribution in [2.75, 3.05) is 19.0 Å². The number of nitrogens with one attached hydrogen (secondary N) is 1. The lowest BCUT2D eigenvalue weighted by atomic mass is 10.2. The first-order valence-corrected chi connectivity index (χ1v) is 6.82. The molecule has 0 bridgehead atoms. The third kappa shape index (κ3) is 4.19. The number of non-ortho nitro benzene ring substituents is 1. The van der Waals surface area contributed by atoms with Crippen LogP contribution in [0.3, 0.4) is 0 Å². The van der Waals surface area contributed by atoms with Gasteiger partial charge in [-0.1, -0.05) is 18.2 Å². The number of nitro groups is 1. The van der Waals surface area contributed by atoms with Crippen molar-refractivity contribution in [3.8, 4) is 11.5 Å². The molecule has 0 aliphatic rings. The lowest BCUT2D eigenvalue weighted by Gasteiger charge is -2.11. The van der Waals surface area contributed by atoms with Gasteiger partial charge in [0, 0.05) is 6.07 Å². The van der Waals surface area contributed by atoms with Crippen molar-refractivity contribution >= 4 is 17.3 Å². The standard InChI is InChI=1S/C16H16N2O5/c1-11-5-3-4-6-14(11)23-10-16(19)17-13-8-7-12(18(20)21)9-15(13)22-2/h3-9H,10H2,1-2H3,(H,17,19). The van der Waals surface area contributed by atoms with Crippen molar-refractivity contribution in [2.45, 2.75) is 6.92 Å². The van der Waals surface area contributed by atoms with E-state index in [9.17, 15) is 14.9 Å². The monoisotopic (exact) mass is 316 g/mol. The van der Waals surface area contributed by atoms with E-state index < -0.39 is 4.92 Å². The predicted molar refractivity (Wildman–Crippen MR) is 85.0 cm³/mol. The average molecular weight is 316 g/mol. The molecule has 0 aromatic heterocycles. The minimum atomic E-state index is -0.532. The fraction of sp³-hybridized carbons (Fsp3) is 0.188. The minimum Gasteiger partial charge on any atom is -0.494 e. The summed E-state index contributed by atoms with van der Waals surface area (Å²) in [5.41, 5.74) is 1.15. The second kappa shape index (κ2) is 7.26. The van der Waals surface area contributed by atoms with Gasteiger partial charge in [-0.25, -0.2) is 0 Å². The van der Waals surface area contributed by atoms with Crippen LogP contribution < -0.4 is 14.8 Å². The number of hydrogen-bond donors (Lipinski definition) is 1. The second-order valence-electron chi connectivity index (χ2n) is 4.74. The minimum absolute atomic E-state index is 0.115. The van der Waals surface area contributed by atoms with Crippen LogP contribution in [0.5, 0.6) is 11.5 Å². The number of para-hydroxylation sites is 1. The third-order valence-corrected chi connectivity index (χ3v) is 3.12. The van der Waals surface area contributed by atoms with Gasteiger partial charge in [-0.3, -0.25) is 14.9 Å². The van der Waals surface area contributed by atoms with E-state index in [1.54, 1.807) is 6.07 Å². The second-order valence-corrected chi connectivity index (χ2v) is 4.74. The molecule has 120 valence electrons. The highest BCUT2D eigenvalue weighted by molar-refractivity contribution is 5.93. The maximum absolute atomic E-state index is 12.0.